The van der Waals surface area contributed by atoms with Gasteiger partial charge in [0.1, 0.15) is 57.8 Å². The summed E-state index contributed by atoms with van der Waals surface area (Å²) in [4.78, 5) is 78.0. The maximum absolute atomic E-state index is 12.4. The number of anilines is 10. The van der Waals surface area contributed by atoms with Crippen molar-refractivity contribution in [3.8, 4) is 28.7 Å². The molecule has 5 aromatic carbocycles. The van der Waals surface area contributed by atoms with Crippen molar-refractivity contribution in [2.45, 2.75) is 233 Å². The lowest BCUT2D eigenvalue weighted by Gasteiger charge is -2.22. The largest absolute Gasteiger partial charge is 0.497 e. The van der Waals surface area contributed by atoms with Gasteiger partial charge < -0.3 is 99.6 Å². The molecule has 0 radical (unpaired) electrons. The van der Waals surface area contributed by atoms with Crippen molar-refractivity contribution in [1.82, 2.24) is 96.4 Å². The van der Waals surface area contributed by atoms with Crippen LogP contribution in [0, 0.1) is 27.7 Å². The lowest BCUT2D eigenvalue weighted by atomic mass is 9.99. The molecular weight excluding hydrogens is 1960 g/mol. The predicted octanol–water partition coefficient (Wildman–Crippen LogP) is 12.2. The smallest absolute Gasteiger partial charge is 0.305 e. The lowest BCUT2D eigenvalue weighted by molar-refractivity contribution is -0.138. The van der Waals surface area contributed by atoms with Crippen molar-refractivity contribution < 1.29 is 79.3 Å². The van der Waals surface area contributed by atoms with Crippen molar-refractivity contribution in [1.29, 1.82) is 0 Å². The number of nitrogens with two attached hydrogens (primary N) is 5. The first-order chi connectivity index (χ1) is 71.3. The normalized spacial score (nSPS) is 11.4. The van der Waals surface area contributed by atoms with E-state index in [2.05, 4.69) is 164 Å². The molecule has 23 N–H and O–H groups in total. The van der Waals surface area contributed by atoms with Crippen molar-refractivity contribution >= 4 is 96.9 Å². The van der Waals surface area contributed by atoms with Crippen molar-refractivity contribution in [2.75, 3.05) is 129 Å². The highest BCUT2D eigenvalue weighted by atomic mass is 32.2. The zero-order valence-electron chi connectivity index (χ0n) is 87.1. The topological polar surface area (TPSA) is 707 Å². The van der Waals surface area contributed by atoms with E-state index in [1.54, 1.807) is 39.5 Å². The molecule has 0 saturated heterocycles. The minimum absolute atomic E-state index is 0.00803. The van der Waals surface area contributed by atoms with Gasteiger partial charge in [0.25, 0.3) is 26.1 Å². The van der Waals surface area contributed by atoms with Gasteiger partial charge in [-0.25, -0.2) is 24.9 Å². The number of aryl methyl sites for hydroxylation is 6. The Balaban J connectivity index is 0.000000228. The number of carboxylic acid groups (broad SMARTS) is 2. The lowest BCUT2D eigenvalue weighted by Crippen LogP contribution is -2.29. The fraction of sp³-hybridized carbons (Fsp3) is 0.455. The van der Waals surface area contributed by atoms with Gasteiger partial charge in [-0.3, -0.25) is 23.5 Å². The summed E-state index contributed by atoms with van der Waals surface area (Å²) in [6.45, 7) is 20.2. The van der Waals surface area contributed by atoms with E-state index in [0.717, 1.165) is 192 Å². The number of methoxy groups -OCH3 is 5. The highest BCUT2D eigenvalue weighted by Crippen LogP contribution is 2.36. The maximum atomic E-state index is 12.4. The number of H-pyrrole nitrogens is 2. The van der Waals surface area contributed by atoms with Crippen LogP contribution >= 0.6 is 0 Å². The number of aliphatic hydroxyl groups excluding tert-OH is 1. The standard InChI is InChI=1S/C22H30N8O3.C22H32N8O2.C20H29N5O5S.C20H28N4O3.C17H24N4O4S/c1-4-5-6-16(12-20(31)32)25-21-17(13(2)24-22(23)26-21)11-15-9-14(7-8-18(15)33-3)10-19-27-29-30-28-19;1-4-5-6-17(9-10-31)25-21-18(14(2)24-22(23)26-21)13-16-11-15(7-8-19(16)32-3)12-20-27-29-30-28-20;1-4-5-8-22-18-16(13(2)24-20(21)25-18)12-15-11-14(6-7-17(15)30-3)19(26)23-9-10-31(27,28)29;1-3-4-13-22-19-16(10-7-14-5-8-15(27-2)9-6-14)17(11-12-18(25)26)23-20(21)24-19;1-4-5-8-19-16-14(11(2)20-17(18)21-16)10-12-9-13(26(22,23)24)6-7-15(12)25-3/h7-9,16H,4-6,10-12H2,1-3H3,(H,31,32)(H3,23,24,25,26)(H,27,28,29,30);7-8,11,17,31H,4-6,9-10,12-13H2,1-3H3,(H3,23,24,25,26)(H,27,28,29,30);6-7,11H,4-5,8-10,12H2,1-3H3,(H,23,26)(H,27,28,29)(H3,21,22,24,25);5-6,8-9H,3-4,7,10-13H2,1-2H3,(H,25,26)(H3,21,22,23,24);6-7,9H,4-5,8,10H2,1-3H3,(H,22,23,24)(H3,18,19,20,21)/t16-;17-;;;/m00.../s1. The SMILES string of the molecule is CCCCNc1nc(N)nc(C)c1Cc1cc(C(=O)NCCS(=O)(=O)O)ccc1OC.CCCCNc1nc(N)nc(C)c1Cc1cc(S(=O)(=O)O)ccc1OC.CCCCNc1nc(N)nc(CCC(=O)O)c1CCc1ccc(OC)cc1.CCCC[C@@H](CC(=O)O)Nc1nc(N)nc(C)c1Cc1cc(Cc2nn[nH]n2)ccc1OC.CCCC[C@@H](CCO)Nc1nc(N)nc(C)c1Cc1cc(Cc2nn[nH]n2)ccc1OC. The number of nitrogen functional groups attached to an aromatic ring is 5. The summed E-state index contributed by atoms with van der Waals surface area (Å²) in [5, 5.41) is 75.4. The van der Waals surface area contributed by atoms with E-state index in [0.29, 0.717) is 139 Å². The van der Waals surface area contributed by atoms with E-state index in [9.17, 15) is 46.0 Å². The number of tetrazole rings is 2. The van der Waals surface area contributed by atoms with Gasteiger partial charge in [-0.2, -0.15) is 52.2 Å². The number of hydrogen-bond donors (Lipinski definition) is 18. The van der Waals surface area contributed by atoms with Gasteiger partial charge in [0.15, 0.2) is 11.6 Å². The van der Waals surface area contributed by atoms with Gasteiger partial charge in [0, 0.05) is 152 Å². The molecule has 0 fully saturated rings. The number of hydrogen-bond acceptors (Lipinski definition) is 39. The van der Waals surface area contributed by atoms with Crippen LogP contribution in [-0.4, -0.2) is 236 Å². The molecule has 7 heterocycles. The summed E-state index contributed by atoms with van der Waals surface area (Å²) in [7, 11) is -0.499. The van der Waals surface area contributed by atoms with E-state index in [-0.39, 0.29) is 72.7 Å². The van der Waals surface area contributed by atoms with E-state index in [4.69, 9.17) is 62.0 Å². The minimum Gasteiger partial charge on any atom is -0.497 e. The van der Waals surface area contributed by atoms with Crippen molar-refractivity contribution in [3.05, 3.63) is 210 Å². The molecule has 2 atom stereocenters. The highest BCUT2D eigenvalue weighted by molar-refractivity contribution is 7.86. The van der Waals surface area contributed by atoms with E-state index >= 15 is 0 Å². The molecule has 0 aliphatic carbocycles. The number of carboxylic acids is 2. The average molecular weight is 2100 g/mol. The Hall–Kier alpha value is -15.2. The van der Waals surface area contributed by atoms with Gasteiger partial charge in [-0.15, -0.1) is 20.4 Å². The second-order valence-electron chi connectivity index (χ2n) is 35.0. The van der Waals surface area contributed by atoms with Crippen LogP contribution in [-0.2, 0) is 87.6 Å². The molecule has 1 amide bonds. The van der Waals surface area contributed by atoms with Crippen LogP contribution in [0.25, 0.3) is 0 Å². The first kappa shape index (κ1) is 119. The molecule has 0 aliphatic heterocycles. The summed E-state index contributed by atoms with van der Waals surface area (Å²) < 4.78 is 89.9. The molecule has 12 aromatic rings. The number of aromatic amines is 2. The van der Waals surface area contributed by atoms with E-state index in [1.165, 1.54) is 32.4 Å². The van der Waals surface area contributed by atoms with Crippen LogP contribution in [0.15, 0.2) is 102 Å². The number of aliphatic hydroxyl groups is 1. The Labute approximate surface area is 868 Å². The van der Waals surface area contributed by atoms with Gasteiger partial charge >= 0.3 is 11.9 Å². The summed E-state index contributed by atoms with van der Waals surface area (Å²) >= 11 is 0. The van der Waals surface area contributed by atoms with Gasteiger partial charge in [-0.05, 0) is 173 Å². The Morgan fingerprint density at radius 3 is 1.19 bits per heavy atom. The Kier molecular flexibility index (Phi) is 48.6. The van der Waals surface area contributed by atoms with Crippen LogP contribution in [0.3, 0.4) is 0 Å². The summed E-state index contributed by atoms with van der Waals surface area (Å²) in [6, 6.07) is 28.8. The molecule has 48 heteroatoms. The third-order valence-electron chi connectivity index (χ3n) is 23.7. The number of ether oxygens (including phenoxy) is 5. The molecule has 0 bridgehead atoms. The number of amides is 1. The Morgan fingerprint density at radius 2 is 0.799 bits per heavy atom. The fourth-order valence-electron chi connectivity index (χ4n) is 15.9. The predicted molar refractivity (Wildman–Crippen MR) is 571 cm³/mol. The monoisotopic (exact) mass is 2100 g/mol. The number of nitrogens with zero attached hydrogens (tertiary/aromatic N) is 16. The summed E-state index contributed by atoms with van der Waals surface area (Å²) in [5.74, 6) is 6.01. The highest BCUT2D eigenvalue weighted by Gasteiger charge is 2.26. The van der Waals surface area contributed by atoms with Crippen LogP contribution < -0.4 is 84.3 Å². The zero-order chi connectivity index (χ0) is 109. The summed E-state index contributed by atoms with van der Waals surface area (Å²) in [5.41, 5.74) is 44.2. The molecular formula is C101H143N29O17S2. The number of benzene rings is 5. The molecule has 0 aliphatic rings. The molecule has 149 heavy (non-hydrogen) atoms. The van der Waals surface area contributed by atoms with Gasteiger partial charge in [0.05, 0.1) is 64.7 Å². The molecule has 806 valence electrons. The maximum Gasteiger partial charge on any atom is 0.305 e. The average Bonchev–Trinajstić information content (AvgIpc) is 1.40. The third-order valence-corrected chi connectivity index (χ3v) is 25.3. The quantitative estimate of drug-likeness (QED) is 0.0124. The molecule has 0 spiro atoms. The minimum atomic E-state index is -4.31. The first-order valence-corrected chi connectivity index (χ1v) is 52.3. The zero-order valence-corrected chi connectivity index (χ0v) is 88.7. The number of carbonyl (C=O) groups excluding carboxylic acids is 1. The van der Waals surface area contributed by atoms with Crippen LogP contribution in [0.5, 0.6) is 28.7 Å². The van der Waals surface area contributed by atoms with E-state index < -0.39 is 43.8 Å². The first-order valence-electron chi connectivity index (χ1n) is 49.3. The van der Waals surface area contributed by atoms with Crippen LogP contribution in [0.1, 0.15) is 248 Å². The molecule has 12 rings (SSSR count). The Bertz CT molecular complexity index is 6520. The number of carbonyl (C=O) groups is 3. The van der Waals surface area contributed by atoms with Crippen molar-refractivity contribution in [2.24, 2.45) is 0 Å². The van der Waals surface area contributed by atoms with Gasteiger partial charge in [-0.1, -0.05) is 126 Å². The molecule has 7 aromatic heterocycles. The van der Waals surface area contributed by atoms with E-state index in [1.807, 2.05) is 82.3 Å². The summed E-state index contributed by atoms with van der Waals surface area (Å²) in [6.07, 6.45) is 17.1. The van der Waals surface area contributed by atoms with Crippen molar-refractivity contribution in [3.63, 3.8) is 0 Å². The number of aliphatic carboxylic acids is 2. The number of rotatable bonds is 54. The number of nitrogens with one attached hydrogen (secondary N) is 8. The number of unbranched alkanes of at least 4 members (excludes halogenated alkanes) is 5. The number of aromatic nitrogens is 18. The van der Waals surface area contributed by atoms with Gasteiger partial charge in [0.2, 0.25) is 29.7 Å². The molecule has 0 unspecified atom stereocenters. The second kappa shape index (κ2) is 60.8. The molecule has 46 nitrogen and oxygen atoms in total. The third kappa shape index (κ3) is 39.5. The fourth-order valence-corrected chi connectivity index (χ4v) is 16.8. The van der Waals surface area contributed by atoms with Crippen LogP contribution in [0.2, 0.25) is 0 Å². The second-order valence-corrected chi connectivity index (χ2v) is 38.0. The van der Waals surface area contributed by atoms with Crippen LogP contribution in [0.4, 0.5) is 58.8 Å². The Morgan fingerprint density at radius 1 is 0.409 bits per heavy atom. The molecule has 0 saturated carbocycles.